The van der Waals surface area contributed by atoms with Gasteiger partial charge in [0, 0.05) is 19.8 Å². The zero-order valence-corrected chi connectivity index (χ0v) is 9.00. The molecule has 14 heavy (non-hydrogen) atoms. The van der Waals surface area contributed by atoms with E-state index in [-0.39, 0.29) is 0 Å². The summed E-state index contributed by atoms with van der Waals surface area (Å²) in [6.07, 6.45) is 5.66. The first-order valence-corrected chi connectivity index (χ1v) is 5.83. The first kappa shape index (κ1) is 12.0. The van der Waals surface area contributed by atoms with Crippen molar-refractivity contribution in [1.29, 1.82) is 0 Å². The van der Waals surface area contributed by atoms with Crippen molar-refractivity contribution in [3.8, 4) is 0 Å². The predicted octanol–water partition coefficient (Wildman–Crippen LogP) is 1.17. The molecule has 1 heterocycles. The van der Waals surface area contributed by atoms with E-state index in [0.717, 1.165) is 51.5 Å². The van der Waals surface area contributed by atoms with Crippen LogP contribution in [-0.4, -0.2) is 38.0 Å². The molecule has 0 aromatic heterocycles. The van der Waals surface area contributed by atoms with Crippen LogP contribution in [0.5, 0.6) is 0 Å². The van der Waals surface area contributed by atoms with Gasteiger partial charge in [0.15, 0.2) is 0 Å². The molecule has 1 aliphatic heterocycles. The van der Waals surface area contributed by atoms with Gasteiger partial charge in [-0.3, -0.25) is 0 Å². The lowest BCUT2D eigenvalue weighted by atomic mass is 10.1. The van der Waals surface area contributed by atoms with Gasteiger partial charge in [0.25, 0.3) is 0 Å². The molecule has 0 radical (unpaired) electrons. The van der Waals surface area contributed by atoms with Crippen molar-refractivity contribution < 1.29 is 9.84 Å². The molecule has 0 aromatic carbocycles. The van der Waals surface area contributed by atoms with Gasteiger partial charge < -0.3 is 15.2 Å². The van der Waals surface area contributed by atoms with Gasteiger partial charge in [-0.1, -0.05) is 12.8 Å². The van der Waals surface area contributed by atoms with E-state index in [0.29, 0.717) is 6.61 Å². The van der Waals surface area contributed by atoms with E-state index in [1.807, 2.05) is 0 Å². The van der Waals surface area contributed by atoms with Gasteiger partial charge in [-0.15, -0.1) is 0 Å². The van der Waals surface area contributed by atoms with Crippen LogP contribution >= 0.6 is 0 Å². The van der Waals surface area contributed by atoms with E-state index in [1.165, 1.54) is 12.8 Å². The van der Waals surface area contributed by atoms with Crippen molar-refractivity contribution in [2.24, 2.45) is 5.92 Å². The van der Waals surface area contributed by atoms with E-state index in [2.05, 4.69) is 5.32 Å². The molecule has 0 aliphatic carbocycles. The maximum atomic E-state index is 8.57. The Morgan fingerprint density at radius 3 is 2.79 bits per heavy atom. The van der Waals surface area contributed by atoms with Gasteiger partial charge >= 0.3 is 0 Å². The van der Waals surface area contributed by atoms with Gasteiger partial charge in [0.2, 0.25) is 0 Å². The standard InChI is InChI=1S/C11H23NO2/c13-7-3-1-2-4-8-14-10-11-5-6-12-9-11/h11-13H,1-10H2. The van der Waals surface area contributed by atoms with E-state index < -0.39 is 0 Å². The minimum absolute atomic E-state index is 0.328. The van der Waals surface area contributed by atoms with Crippen LogP contribution in [0.3, 0.4) is 0 Å². The SMILES string of the molecule is OCCCCCCOCC1CCNC1. The number of unbranched alkanes of at least 4 members (excludes halogenated alkanes) is 3. The van der Waals surface area contributed by atoms with Crippen LogP contribution in [0.4, 0.5) is 0 Å². The van der Waals surface area contributed by atoms with E-state index in [9.17, 15) is 0 Å². The summed E-state index contributed by atoms with van der Waals surface area (Å²) in [5.74, 6) is 0.743. The summed E-state index contributed by atoms with van der Waals surface area (Å²) >= 11 is 0. The Hall–Kier alpha value is -0.120. The van der Waals surface area contributed by atoms with Gasteiger partial charge in [0.05, 0.1) is 6.61 Å². The lowest BCUT2D eigenvalue weighted by Gasteiger charge is -2.08. The normalized spacial score (nSPS) is 21.6. The molecule has 1 saturated heterocycles. The number of hydrogen-bond acceptors (Lipinski definition) is 3. The van der Waals surface area contributed by atoms with E-state index >= 15 is 0 Å². The molecule has 0 aromatic rings. The third kappa shape index (κ3) is 5.58. The zero-order valence-electron chi connectivity index (χ0n) is 9.00. The number of rotatable bonds is 8. The molecule has 1 aliphatic rings. The maximum absolute atomic E-state index is 8.57. The topological polar surface area (TPSA) is 41.5 Å². The fourth-order valence-electron chi connectivity index (χ4n) is 1.78. The van der Waals surface area contributed by atoms with Crippen LogP contribution in [0.15, 0.2) is 0 Å². The Balaban J connectivity index is 1.75. The van der Waals surface area contributed by atoms with Crippen molar-refractivity contribution in [3.05, 3.63) is 0 Å². The Morgan fingerprint density at radius 1 is 1.21 bits per heavy atom. The average molecular weight is 201 g/mol. The molecule has 84 valence electrons. The second-order valence-corrected chi connectivity index (χ2v) is 4.07. The van der Waals surface area contributed by atoms with Crippen LogP contribution in [0.2, 0.25) is 0 Å². The number of aliphatic hydroxyl groups excluding tert-OH is 1. The molecular formula is C11H23NO2. The smallest absolute Gasteiger partial charge is 0.0506 e. The zero-order chi connectivity index (χ0) is 10.1. The summed E-state index contributed by atoms with van der Waals surface area (Å²) < 4.78 is 5.60. The van der Waals surface area contributed by atoms with Crippen LogP contribution in [0.25, 0.3) is 0 Å². The summed E-state index contributed by atoms with van der Waals surface area (Å²) in [5.41, 5.74) is 0. The Kier molecular flexibility index (Phi) is 7.01. The lowest BCUT2D eigenvalue weighted by molar-refractivity contribution is 0.101. The highest BCUT2D eigenvalue weighted by molar-refractivity contribution is 4.70. The van der Waals surface area contributed by atoms with Crippen molar-refractivity contribution in [3.63, 3.8) is 0 Å². The van der Waals surface area contributed by atoms with Gasteiger partial charge in [-0.2, -0.15) is 0 Å². The molecule has 0 bridgehead atoms. The summed E-state index contributed by atoms with van der Waals surface area (Å²) in [7, 11) is 0. The molecule has 1 fully saturated rings. The van der Waals surface area contributed by atoms with Crippen molar-refractivity contribution in [1.82, 2.24) is 5.32 Å². The van der Waals surface area contributed by atoms with Gasteiger partial charge in [-0.25, -0.2) is 0 Å². The fraction of sp³-hybridized carbons (Fsp3) is 1.00. The highest BCUT2D eigenvalue weighted by atomic mass is 16.5. The monoisotopic (exact) mass is 201 g/mol. The summed E-state index contributed by atoms with van der Waals surface area (Å²) in [6, 6.07) is 0. The second-order valence-electron chi connectivity index (χ2n) is 4.07. The largest absolute Gasteiger partial charge is 0.396 e. The molecule has 0 spiro atoms. The van der Waals surface area contributed by atoms with E-state index in [4.69, 9.17) is 9.84 Å². The van der Waals surface area contributed by atoms with Crippen LogP contribution in [-0.2, 0) is 4.74 Å². The maximum Gasteiger partial charge on any atom is 0.0506 e. The molecule has 3 nitrogen and oxygen atoms in total. The lowest BCUT2D eigenvalue weighted by Crippen LogP contribution is -2.14. The third-order valence-electron chi connectivity index (χ3n) is 2.71. The second kappa shape index (κ2) is 8.21. The first-order valence-electron chi connectivity index (χ1n) is 5.83. The molecular weight excluding hydrogens is 178 g/mol. The third-order valence-corrected chi connectivity index (χ3v) is 2.71. The van der Waals surface area contributed by atoms with Crippen LogP contribution in [0.1, 0.15) is 32.1 Å². The molecule has 3 heteroatoms. The minimum atomic E-state index is 0.328. The fourth-order valence-corrected chi connectivity index (χ4v) is 1.78. The van der Waals surface area contributed by atoms with Crippen molar-refractivity contribution in [2.45, 2.75) is 32.1 Å². The van der Waals surface area contributed by atoms with Crippen LogP contribution < -0.4 is 5.32 Å². The molecule has 2 N–H and O–H groups in total. The molecule has 0 saturated carbocycles. The van der Waals surface area contributed by atoms with Crippen molar-refractivity contribution >= 4 is 0 Å². The molecule has 1 atom stereocenters. The quantitative estimate of drug-likeness (QED) is 0.579. The summed E-state index contributed by atoms with van der Waals surface area (Å²) in [6.45, 7) is 4.43. The van der Waals surface area contributed by atoms with Crippen LogP contribution in [0, 0.1) is 5.92 Å². The predicted molar refractivity (Wildman–Crippen MR) is 57.3 cm³/mol. The Morgan fingerprint density at radius 2 is 2.07 bits per heavy atom. The summed E-state index contributed by atoms with van der Waals surface area (Å²) in [5, 5.41) is 11.9. The Bertz CT molecular complexity index is 124. The summed E-state index contributed by atoms with van der Waals surface area (Å²) in [4.78, 5) is 0. The average Bonchev–Trinajstić information content (AvgIpc) is 2.69. The number of aliphatic hydroxyl groups is 1. The molecule has 1 unspecified atom stereocenters. The minimum Gasteiger partial charge on any atom is -0.396 e. The highest BCUT2D eigenvalue weighted by Crippen LogP contribution is 2.08. The number of hydrogen-bond donors (Lipinski definition) is 2. The van der Waals surface area contributed by atoms with Crippen molar-refractivity contribution in [2.75, 3.05) is 32.9 Å². The van der Waals surface area contributed by atoms with Gasteiger partial charge in [-0.05, 0) is 31.7 Å². The van der Waals surface area contributed by atoms with E-state index in [1.54, 1.807) is 0 Å². The Labute approximate surface area is 86.8 Å². The molecule has 0 amide bonds. The number of ether oxygens (including phenoxy) is 1. The number of nitrogens with one attached hydrogen (secondary N) is 1. The highest BCUT2D eigenvalue weighted by Gasteiger charge is 2.13. The first-order chi connectivity index (χ1) is 6.93. The van der Waals surface area contributed by atoms with Gasteiger partial charge in [0.1, 0.15) is 0 Å². The molecule has 1 rings (SSSR count).